The summed E-state index contributed by atoms with van der Waals surface area (Å²) in [6, 6.07) is 1.12. The van der Waals surface area contributed by atoms with Crippen molar-refractivity contribution < 1.29 is 4.21 Å². The molecule has 0 aliphatic rings. The second-order valence-electron chi connectivity index (χ2n) is 3.18. The molecule has 0 aliphatic carbocycles. The van der Waals surface area contributed by atoms with Crippen molar-refractivity contribution in [2.45, 2.75) is 18.7 Å². The number of nitrogens with one attached hydrogen (secondary N) is 1. The number of halogens is 1. The first-order chi connectivity index (χ1) is 6.91. The third kappa shape index (κ3) is 3.04. The van der Waals surface area contributed by atoms with Gasteiger partial charge in [0.05, 0.1) is 0 Å². The van der Waals surface area contributed by atoms with Gasteiger partial charge in [0, 0.05) is 34.9 Å². The van der Waals surface area contributed by atoms with Crippen LogP contribution in [0.25, 0.3) is 0 Å². The number of H-pyrrole nitrogens is 1. The second-order valence-corrected chi connectivity index (χ2v) is 5.39. The molecule has 7 heteroatoms. The first-order valence-corrected chi connectivity index (χ1v) is 6.23. The SMILES string of the molecule is CC(Cn1c(=O)cc(Cl)[nH]c1=O)S(C)=O. The quantitative estimate of drug-likeness (QED) is 0.765. The van der Waals surface area contributed by atoms with Crippen LogP contribution in [0.3, 0.4) is 0 Å². The molecule has 1 heterocycles. The van der Waals surface area contributed by atoms with E-state index in [4.69, 9.17) is 11.6 Å². The van der Waals surface area contributed by atoms with E-state index in [2.05, 4.69) is 4.98 Å². The van der Waals surface area contributed by atoms with Gasteiger partial charge in [0.15, 0.2) is 0 Å². The van der Waals surface area contributed by atoms with Crippen molar-refractivity contribution >= 4 is 22.4 Å². The van der Waals surface area contributed by atoms with Gasteiger partial charge >= 0.3 is 5.69 Å². The van der Waals surface area contributed by atoms with Crippen LogP contribution in [0.15, 0.2) is 15.7 Å². The predicted molar refractivity (Wildman–Crippen MR) is 59.9 cm³/mol. The maximum Gasteiger partial charge on any atom is 0.329 e. The van der Waals surface area contributed by atoms with Gasteiger partial charge in [0.1, 0.15) is 5.15 Å². The molecule has 1 aromatic heterocycles. The molecule has 0 amide bonds. The lowest BCUT2D eigenvalue weighted by atomic mass is 10.4. The molecule has 2 unspecified atom stereocenters. The minimum Gasteiger partial charge on any atom is -0.298 e. The summed E-state index contributed by atoms with van der Waals surface area (Å²) >= 11 is 5.49. The van der Waals surface area contributed by atoms with Crippen LogP contribution in [-0.2, 0) is 17.3 Å². The van der Waals surface area contributed by atoms with E-state index in [1.807, 2.05) is 0 Å². The predicted octanol–water partition coefficient (Wildman–Crippen LogP) is -0.0430. The van der Waals surface area contributed by atoms with Gasteiger partial charge in [0.2, 0.25) is 0 Å². The van der Waals surface area contributed by atoms with Crippen LogP contribution in [0.5, 0.6) is 0 Å². The molecule has 1 rings (SSSR count). The van der Waals surface area contributed by atoms with Crippen molar-refractivity contribution in [2.75, 3.05) is 6.26 Å². The van der Waals surface area contributed by atoms with E-state index in [0.29, 0.717) is 0 Å². The molecule has 0 bridgehead atoms. The minimum atomic E-state index is -1.08. The normalized spacial score (nSPS) is 14.9. The first-order valence-electron chi connectivity index (χ1n) is 4.23. The molecule has 0 aliphatic heterocycles. The molecule has 0 saturated carbocycles. The minimum absolute atomic E-state index is 0.00604. The monoisotopic (exact) mass is 250 g/mol. The van der Waals surface area contributed by atoms with Gasteiger partial charge in [-0.05, 0) is 6.92 Å². The Morgan fingerprint density at radius 3 is 2.67 bits per heavy atom. The van der Waals surface area contributed by atoms with Gasteiger partial charge in [-0.1, -0.05) is 11.6 Å². The van der Waals surface area contributed by atoms with Gasteiger partial charge in [-0.2, -0.15) is 0 Å². The van der Waals surface area contributed by atoms with E-state index >= 15 is 0 Å². The molecule has 0 aromatic carbocycles. The Morgan fingerprint density at radius 2 is 2.20 bits per heavy atom. The van der Waals surface area contributed by atoms with E-state index in [1.165, 1.54) is 6.26 Å². The molecule has 0 fully saturated rings. The van der Waals surface area contributed by atoms with Crippen LogP contribution in [0.4, 0.5) is 0 Å². The Hall–Kier alpha value is -0.880. The highest BCUT2D eigenvalue weighted by molar-refractivity contribution is 7.84. The molecule has 0 saturated heterocycles. The topological polar surface area (TPSA) is 71.9 Å². The summed E-state index contributed by atoms with van der Waals surface area (Å²) in [7, 11) is -1.08. The van der Waals surface area contributed by atoms with E-state index in [9.17, 15) is 13.8 Å². The average molecular weight is 251 g/mol. The smallest absolute Gasteiger partial charge is 0.298 e. The van der Waals surface area contributed by atoms with E-state index in [1.54, 1.807) is 6.92 Å². The number of hydrogen-bond donors (Lipinski definition) is 1. The molecule has 15 heavy (non-hydrogen) atoms. The van der Waals surface area contributed by atoms with Crippen LogP contribution in [-0.4, -0.2) is 25.3 Å². The summed E-state index contributed by atoms with van der Waals surface area (Å²) < 4.78 is 12.1. The number of aromatic amines is 1. The van der Waals surface area contributed by atoms with Gasteiger partial charge < -0.3 is 0 Å². The summed E-state index contributed by atoms with van der Waals surface area (Å²) in [6.07, 6.45) is 1.53. The number of nitrogens with zero attached hydrogens (tertiary/aromatic N) is 1. The van der Waals surface area contributed by atoms with Crippen molar-refractivity contribution in [3.63, 3.8) is 0 Å². The maximum absolute atomic E-state index is 11.4. The molecule has 0 spiro atoms. The Morgan fingerprint density at radius 1 is 1.60 bits per heavy atom. The van der Waals surface area contributed by atoms with Crippen molar-refractivity contribution in [2.24, 2.45) is 0 Å². The third-order valence-corrected chi connectivity index (χ3v) is 3.48. The second kappa shape index (κ2) is 4.76. The molecule has 84 valence electrons. The van der Waals surface area contributed by atoms with Crippen LogP contribution < -0.4 is 11.2 Å². The van der Waals surface area contributed by atoms with Gasteiger partial charge in [-0.25, -0.2) is 4.79 Å². The number of rotatable bonds is 3. The molecular weight excluding hydrogens is 240 g/mol. The van der Waals surface area contributed by atoms with Crippen LogP contribution >= 0.6 is 11.6 Å². The number of aromatic nitrogens is 2. The highest BCUT2D eigenvalue weighted by Crippen LogP contribution is 1.97. The summed E-state index contributed by atoms with van der Waals surface area (Å²) in [5, 5.41) is -0.253. The Balaban J connectivity index is 3.11. The molecular formula is C8H11ClN2O3S. The van der Waals surface area contributed by atoms with Crippen LogP contribution in [0.2, 0.25) is 5.15 Å². The highest BCUT2D eigenvalue weighted by atomic mass is 35.5. The van der Waals surface area contributed by atoms with E-state index < -0.39 is 22.0 Å². The van der Waals surface area contributed by atoms with Crippen molar-refractivity contribution in [3.05, 3.63) is 32.1 Å². The summed E-state index contributed by atoms with van der Waals surface area (Å²) in [4.78, 5) is 25.0. The standard InChI is InChI=1S/C8H11ClN2O3S/c1-5(15(2)14)4-11-7(12)3-6(9)10-8(11)13/h3,5H,4H2,1-2H3,(H,10,13). The van der Waals surface area contributed by atoms with Gasteiger partial charge in [-0.15, -0.1) is 0 Å². The zero-order valence-corrected chi connectivity index (χ0v) is 9.89. The van der Waals surface area contributed by atoms with E-state index in [0.717, 1.165) is 10.6 Å². The Labute approximate surface area is 93.5 Å². The fraction of sp³-hybridized carbons (Fsp3) is 0.500. The van der Waals surface area contributed by atoms with Gasteiger partial charge in [-0.3, -0.25) is 18.6 Å². The lowest BCUT2D eigenvalue weighted by Crippen LogP contribution is -2.38. The average Bonchev–Trinajstić information content (AvgIpc) is 2.10. The fourth-order valence-electron chi connectivity index (χ4n) is 1.03. The molecule has 1 N–H and O–H groups in total. The summed E-state index contributed by atoms with van der Waals surface area (Å²) in [5.41, 5.74) is -1.06. The fourth-order valence-corrected chi connectivity index (χ4v) is 1.56. The van der Waals surface area contributed by atoms with Crippen molar-refractivity contribution in [3.8, 4) is 0 Å². The zero-order valence-electron chi connectivity index (χ0n) is 8.32. The lowest BCUT2D eigenvalue weighted by molar-refractivity contribution is 0.605. The molecule has 2 atom stereocenters. The first kappa shape index (κ1) is 12.2. The molecule has 0 radical (unpaired) electrons. The third-order valence-electron chi connectivity index (χ3n) is 1.99. The van der Waals surface area contributed by atoms with E-state index in [-0.39, 0.29) is 16.9 Å². The number of hydrogen-bond acceptors (Lipinski definition) is 3. The molecule has 5 nitrogen and oxygen atoms in total. The van der Waals surface area contributed by atoms with Crippen LogP contribution in [0.1, 0.15) is 6.92 Å². The maximum atomic E-state index is 11.4. The lowest BCUT2D eigenvalue weighted by Gasteiger charge is -2.09. The Kier molecular flexibility index (Phi) is 3.87. The largest absolute Gasteiger partial charge is 0.329 e. The van der Waals surface area contributed by atoms with Crippen molar-refractivity contribution in [1.29, 1.82) is 0 Å². The summed E-state index contributed by atoms with van der Waals surface area (Å²) in [6.45, 7) is 1.82. The highest BCUT2D eigenvalue weighted by Gasteiger charge is 2.10. The molecule has 1 aromatic rings. The van der Waals surface area contributed by atoms with Gasteiger partial charge in [0.25, 0.3) is 5.56 Å². The van der Waals surface area contributed by atoms with Crippen LogP contribution in [0, 0.1) is 0 Å². The van der Waals surface area contributed by atoms with Crippen molar-refractivity contribution in [1.82, 2.24) is 9.55 Å². The zero-order chi connectivity index (χ0) is 11.6. The summed E-state index contributed by atoms with van der Waals surface area (Å²) in [5.74, 6) is 0. The Bertz CT molecular complexity index is 462.